The lowest BCUT2D eigenvalue weighted by molar-refractivity contribution is 0.627. The molecule has 0 aromatic heterocycles. The van der Waals surface area contributed by atoms with E-state index in [1.54, 1.807) is 12.1 Å². The van der Waals surface area contributed by atoms with Gasteiger partial charge in [-0.05, 0) is 30.8 Å². The van der Waals surface area contributed by atoms with Crippen molar-refractivity contribution in [2.45, 2.75) is 6.54 Å². The zero-order chi connectivity index (χ0) is 13.0. The Balaban J connectivity index is 2.40. The first-order valence-corrected chi connectivity index (χ1v) is 5.95. The molecule has 0 spiro atoms. The molecule has 0 aliphatic carbocycles. The summed E-state index contributed by atoms with van der Waals surface area (Å²) in [4.78, 5) is 1.88. The number of nitrogens with one attached hydrogen (secondary N) is 1. The number of benzene rings is 2. The van der Waals surface area contributed by atoms with E-state index in [2.05, 4.69) is 5.32 Å². The molecular formula is C15H17FN2. The molecule has 0 saturated carbocycles. The molecule has 0 atom stereocenters. The van der Waals surface area contributed by atoms with Crippen LogP contribution >= 0.6 is 0 Å². The van der Waals surface area contributed by atoms with E-state index in [0.717, 1.165) is 17.8 Å². The third-order valence-corrected chi connectivity index (χ3v) is 2.93. The number of rotatable bonds is 4. The highest BCUT2D eigenvalue weighted by Crippen LogP contribution is 2.28. The van der Waals surface area contributed by atoms with E-state index in [9.17, 15) is 4.39 Å². The second-order valence-corrected chi connectivity index (χ2v) is 4.17. The SMILES string of the molecule is CNCc1ccccc1N(C)c1ccccc1F. The van der Waals surface area contributed by atoms with E-state index in [0.29, 0.717) is 5.69 Å². The minimum absolute atomic E-state index is 0.209. The highest BCUT2D eigenvalue weighted by atomic mass is 19.1. The van der Waals surface area contributed by atoms with Gasteiger partial charge in [0.25, 0.3) is 0 Å². The molecule has 0 aliphatic heterocycles. The molecule has 0 amide bonds. The molecular weight excluding hydrogens is 227 g/mol. The molecule has 18 heavy (non-hydrogen) atoms. The third-order valence-electron chi connectivity index (χ3n) is 2.93. The molecule has 0 radical (unpaired) electrons. The minimum atomic E-state index is -0.209. The lowest BCUT2D eigenvalue weighted by Crippen LogP contribution is -2.15. The summed E-state index contributed by atoms with van der Waals surface area (Å²) in [7, 11) is 3.78. The number of hydrogen-bond donors (Lipinski definition) is 1. The predicted octanol–water partition coefficient (Wildman–Crippen LogP) is 3.31. The third kappa shape index (κ3) is 2.51. The lowest BCUT2D eigenvalue weighted by atomic mass is 10.1. The van der Waals surface area contributed by atoms with E-state index in [1.807, 2.05) is 49.3 Å². The van der Waals surface area contributed by atoms with Crippen molar-refractivity contribution < 1.29 is 4.39 Å². The van der Waals surface area contributed by atoms with Crippen LogP contribution in [0.3, 0.4) is 0 Å². The van der Waals surface area contributed by atoms with Gasteiger partial charge in [-0.15, -0.1) is 0 Å². The fraction of sp³-hybridized carbons (Fsp3) is 0.200. The van der Waals surface area contributed by atoms with E-state index in [4.69, 9.17) is 0 Å². The summed E-state index contributed by atoms with van der Waals surface area (Å²) < 4.78 is 13.8. The van der Waals surface area contributed by atoms with Crippen molar-refractivity contribution in [1.82, 2.24) is 5.32 Å². The van der Waals surface area contributed by atoms with Crippen LogP contribution in [0.5, 0.6) is 0 Å². The number of halogens is 1. The summed E-state index contributed by atoms with van der Waals surface area (Å²) in [5.41, 5.74) is 2.74. The quantitative estimate of drug-likeness (QED) is 0.887. The molecule has 0 bridgehead atoms. The Bertz CT molecular complexity index is 525. The van der Waals surface area contributed by atoms with Crippen molar-refractivity contribution in [3.63, 3.8) is 0 Å². The van der Waals surface area contributed by atoms with Gasteiger partial charge in [-0.3, -0.25) is 0 Å². The Morgan fingerprint density at radius 1 is 1.00 bits per heavy atom. The van der Waals surface area contributed by atoms with Crippen molar-refractivity contribution in [2.75, 3.05) is 19.0 Å². The lowest BCUT2D eigenvalue weighted by Gasteiger charge is -2.23. The van der Waals surface area contributed by atoms with Gasteiger partial charge in [-0.25, -0.2) is 4.39 Å². The minimum Gasteiger partial charge on any atom is -0.342 e. The molecule has 0 unspecified atom stereocenters. The first-order chi connectivity index (χ1) is 8.74. The molecule has 0 saturated heterocycles. The van der Waals surface area contributed by atoms with E-state index >= 15 is 0 Å². The van der Waals surface area contributed by atoms with Gasteiger partial charge in [0.05, 0.1) is 5.69 Å². The molecule has 1 N–H and O–H groups in total. The number of para-hydroxylation sites is 2. The monoisotopic (exact) mass is 244 g/mol. The normalized spacial score (nSPS) is 10.4. The van der Waals surface area contributed by atoms with Gasteiger partial charge in [-0.2, -0.15) is 0 Å². The first-order valence-electron chi connectivity index (χ1n) is 5.95. The Morgan fingerprint density at radius 2 is 1.61 bits per heavy atom. The maximum atomic E-state index is 13.8. The summed E-state index contributed by atoms with van der Waals surface area (Å²) in [5, 5.41) is 3.12. The van der Waals surface area contributed by atoms with Gasteiger partial charge in [0.15, 0.2) is 0 Å². The van der Waals surface area contributed by atoms with E-state index < -0.39 is 0 Å². The molecule has 0 aliphatic rings. The summed E-state index contributed by atoms with van der Waals surface area (Å²) in [6.45, 7) is 0.759. The van der Waals surface area contributed by atoms with Crippen molar-refractivity contribution in [2.24, 2.45) is 0 Å². The van der Waals surface area contributed by atoms with E-state index in [-0.39, 0.29) is 5.82 Å². The standard InChI is InChI=1S/C15H17FN2/c1-17-11-12-7-3-5-9-14(12)18(2)15-10-6-4-8-13(15)16/h3-10,17H,11H2,1-2H3. The fourth-order valence-electron chi connectivity index (χ4n) is 2.03. The first kappa shape index (κ1) is 12.6. The highest BCUT2D eigenvalue weighted by molar-refractivity contribution is 5.66. The van der Waals surface area contributed by atoms with Crippen LogP contribution < -0.4 is 10.2 Å². The summed E-state index contributed by atoms with van der Waals surface area (Å²) in [6.07, 6.45) is 0. The molecule has 2 aromatic carbocycles. The Kier molecular flexibility index (Phi) is 3.95. The van der Waals surface area contributed by atoms with Crippen LogP contribution in [0, 0.1) is 5.82 Å². The Labute approximate surface area is 107 Å². The number of nitrogens with zero attached hydrogens (tertiary/aromatic N) is 1. The topological polar surface area (TPSA) is 15.3 Å². The Hall–Kier alpha value is -1.87. The van der Waals surface area contributed by atoms with Crippen molar-refractivity contribution in [3.8, 4) is 0 Å². The molecule has 2 rings (SSSR count). The average Bonchev–Trinajstić information content (AvgIpc) is 2.40. The zero-order valence-corrected chi connectivity index (χ0v) is 10.7. The van der Waals surface area contributed by atoms with E-state index in [1.165, 1.54) is 6.07 Å². The summed E-state index contributed by atoms with van der Waals surface area (Å²) in [5.74, 6) is -0.209. The van der Waals surface area contributed by atoms with Crippen molar-refractivity contribution >= 4 is 11.4 Å². The average molecular weight is 244 g/mol. The highest BCUT2D eigenvalue weighted by Gasteiger charge is 2.11. The molecule has 2 aromatic rings. The maximum absolute atomic E-state index is 13.8. The molecule has 3 heteroatoms. The largest absolute Gasteiger partial charge is 0.342 e. The van der Waals surface area contributed by atoms with Crippen LogP contribution in [0.15, 0.2) is 48.5 Å². The maximum Gasteiger partial charge on any atom is 0.146 e. The van der Waals surface area contributed by atoms with Crippen LogP contribution in [0.1, 0.15) is 5.56 Å². The second-order valence-electron chi connectivity index (χ2n) is 4.17. The van der Waals surface area contributed by atoms with Gasteiger partial charge in [-0.1, -0.05) is 30.3 Å². The molecule has 0 heterocycles. The smallest absolute Gasteiger partial charge is 0.146 e. The van der Waals surface area contributed by atoms with Crippen LogP contribution in [0.25, 0.3) is 0 Å². The van der Waals surface area contributed by atoms with Crippen LogP contribution in [0.2, 0.25) is 0 Å². The van der Waals surface area contributed by atoms with Gasteiger partial charge in [0.1, 0.15) is 5.82 Å². The van der Waals surface area contributed by atoms with Crippen molar-refractivity contribution in [3.05, 3.63) is 59.9 Å². The number of hydrogen-bond acceptors (Lipinski definition) is 2. The number of anilines is 2. The van der Waals surface area contributed by atoms with Gasteiger partial charge in [0.2, 0.25) is 0 Å². The Morgan fingerprint density at radius 3 is 2.28 bits per heavy atom. The second kappa shape index (κ2) is 5.65. The van der Waals surface area contributed by atoms with Crippen LogP contribution in [0.4, 0.5) is 15.8 Å². The van der Waals surface area contributed by atoms with Gasteiger partial charge >= 0.3 is 0 Å². The zero-order valence-electron chi connectivity index (χ0n) is 10.7. The fourth-order valence-corrected chi connectivity index (χ4v) is 2.03. The predicted molar refractivity (Wildman–Crippen MR) is 73.7 cm³/mol. The molecule has 94 valence electrons. The van der Waals surface area contributed by atoms with Crippen LogP contribution in [-0.4, -0.2) is 14.1 Å². The van der Waals surface area contributed by atoms with Crippen molar-refractivity contribution in [1.29, 1.82) is 0 Å². The summed E-state index contributed by atoms with van der Waals surface area (Å²) in [6, 6.07) is 14.8. The van der Waals surface area contributed by atoms with Gasteiger partial charge in [0, 0.05) is 19.3 Å². The summed E-state index contributed by atoms with van der Waals surface area (Å²) >= 11 is 0. The molecule has 2 nitrogen and oxygen atoms in total. The van der Waals surface area contributed by atoms with Crippen LogP contribution in [-0.2, 0) is 6.54 Å². The molecule has 0 fully saturated rings. The van der Waals surface area contributed by atoms with Gasteiger partial charge < -0.3 is 10.2 Å².